The minimum absolute atomic E-state index is 0.0294. The van der Waals surface area contributed by atoms with Gasteiger partial charge in [0.1, 0.15) is 5.82 Å². The summed E-state index contributed by atoms with van der Waals surface area (Å²) in [4.78, 5) is 20.5. The van der Waals surface area contributed by atoms with Crippen LogP contribution in [0.3, 0.4) is 0 Å². The fraction of sp³-hybridized carbons (Fsp3) is 0.462. The number of anilines is 1. The number of rotatable bonds is 2. The molecule has 0 fully saturated rings. The van der Waals surface area contributed by atoms with Gasteiger partial charge in [0, 0.05) is 37.0 Å². The summed E-state index contributed by atoms with van der Waals surface area (Å²) in [5, 5.41) is 1.22. The van der Waals surface area contributed by atoms with Gasteiger partial charge in [-0.05, 0) is 18.5 Å². The van der Waals surface area contributed by atoms with Crippen LogP contribution in [0.5, 0.6) is 0 Å². The van der Waals surface area contributed by atoms with E-state index in [1.54, 1.807) is 6.92 Å². The summed E-state index contributed by atoms with van der Waals surface area (Å²) in [6, 6.07) is 0.700. The number of hydrazine groups is 2. The first kappa shape index (κ1) is 16.8. The van der Waals surface area contributed by atoms with Crippen LogP contribution in [0.1, 0.15) is 19.2 Å². The normalized spacial score (nSPS) is 22.2. The maximum absolute atomic E-state index is 13.6. The third kappa shape index (κ3) is 2.55. The number of amides is 1. The van der Waals surface area contributed by atoms with E-state index in [9.17, 15) is 18.0 Å². The molecule has 11 heteroatoms. The monoisotopic (exact) mass is 362 g/mol. The molecule has 0 saturated heterocycles. The van der Waals surface area contributed by atoms with E-state index in [0.29, 0.717) is 29.1 Å². The highest BCUT2D eigenvalue weighted by Gasteiger charge is 2.54. The standard InChI is InChI=1S/C13H14ClF3N6O/c1-8-12-10(4-6-20(8)7-24)21(11-3-5-18-9(2)19-11)23(14)22(12)13(15,16)17/h3,5,7-8H,4,6H2,1-2H3. The van der Waals surface area contributed by atoms with E-state index in [1.165, 1.54) is 29.1 Å². The van der Waals surface area contributed by atoms with Gasteiger partial charge in [-0.25, -0.2) is 15.0 Å². The molecule has 0 saturated carbocycles. The predicted octanol–water partition coefficient (Wildman–Crippen LogP) is 2.17. The molecule has 1 aromatic rings. The highest BCUT2D eigenvalue weighted by Crippen LogP contribution is 2.45. The van der Waals surface area contributed by atoms with Crippen molar-refractivity contribution in [2.24, 2.45) is 0 Å². The van der Waals surface area contributed by atoms with E-state index in [4.69, 9.17) is 11.8 Å². The maximum Gasteiger partial charge on any atom is 0.501 e. The second kappa shape index (κ2) is 5.78. The Hall–Kier alpha value is -2.07. The molecule has 1 amide bonds. The molecule has 1 atom stereocenters. The van der Waals surface area contributed by atoms with Crippen LogP contribution < -0.4 is 5.01 Å². The molecular weight excluding hydrogens is 349 g/mol. The lowest BCUT2D eigenvalue weighted by Gasteiger charge is -2.35. The lowest BCUT2D eigenvalue weighted by molar-refractivity contribution is -0.276. The molecule has 1 unspecified atom stereocenters. The van der Waals surface area contributed by atoms with Crippen LogP contribution in [0.2, 0.25) is 0 Å². The Morgan fingerprint density at radius 3 is 2.71 bits per heavy atom. The van der Waals surface area contributed by atoms with Gasteiger partial charge in [0.2, 0.25) is 6.41 Å². The number of carbonyl (C=O) groups excluding carboxylic acids is 1. The van der Waals surface area contributed by atoms with Gasteiger partial charge in [-0.3, -0.25) is 4.79 Å². The van der Waals surface area contributed by atoms with Crippen molar-refractivity contribution in [3.05, 3.63) is 29.5 Å². The summed E-state index contributed by atoms with van der Waals surface area (Å²) in [5.41, 5.74) is 0.262. The number of hydrogen-bond donors (Lipinski definition) is 0. The van der Waals surface area contributed by atoms with E-state index in [1.807, 2.05) is 0 Å². The van der Waals surface area contributed by atoms with Crippen molar-refractivity contribution in [1.82, 2.24) is 24.5 Å². The average Bonchev–Trinajstić information content (AvgIpc) is 2.80. The SMILES string of the molecule is Cc1nccc(N2C3=C(C(C)N(C=O)CC3)N(C(F)(F)F)N2Cl)n1. The summed E-state index contributed by atoms with van der Waals surface area (Å²) in [5.74, 6) is 0.632. The Morgan fingerprint density at radius 1 is 1.42 bits per heavy atom. The largest absolute Gasteiger partial charge is 0.501 e. The molecule has 0 aromatic carbocycles. The zero-order chi connectivity index (χ0) is 17.6. The van der Waals surface area contributed by atoms with Gasteiger partial charge in [0.05, 0.1) is 17.4 Å². The lowest BCUT2D eigenvalue weighted by Crippen LogP contribution is -2.50. The van der Waals surface area contributed by atoms with Gasteiger partial charge in [0.15, 0.2) is 5.82 Å². The van der Waals surface area contributed by atoms with Gasteiger partial charge < -0.3 is 4.90 Å². The van der Waals surface area contributed by atoms with Crippen LogP contribution in [0.25, 0.3) is 0 Å². The molecule has 2 aliphatic heterocycles. The number of carbonyl (C=O) groups is 1. The molecule has 0 spiro atoms. The van der Waals surface area contributed by atoms with E-state index in [2.05, 4.69) is 9.97 Å². The molecule has 1 aromatic heterocycles. The van der Waals surface area contributed by atoms with E-state index < -0.39 is 12.3 Å². The smallest absolute Gasteiger partial charge is 0.336 e. The van der Waals surface area contributed by atoms with Gasteiger partial charge in [-0.15, -0.1) is 13.2 Å². The molecule has 3 heterocycles. The number of alkyl halides is 3. The molecule has 0 aliphatic carbocycles. The molecule has 130 valence electrons. The van der Waals surface area contributed by atoms with Crippen LogP contribution in [0, 0.1) is 6.92 Å². The molecule has 7 nitrogen and oxygen atoms in total. The fourth-order valence-electron chi connectivity index (χ4n) is 2.91. The zero-order valence-electron chi connectivity index (χ0n) is 12.8. The molecule has 0 N–H and O–H groups in total. The van der Waals surface area contributed by atoms with Crippen molar-refractivity contribution >= 4 is 24.0 Å². The second-order valence-electron chi connectivity index (χ2n) is 5.40. The molecule has 0 bridgehead atoms. The average molecular weight is 363 g/mol. The third-order valence-electron chi connectivity index (χ3n) is 3.96. The highest BCUT2D eigenvalue weighted by molar-refractivity contribution is 6.14. The van der Waals surface area contributed by atoms with Crippen molar-refractivity contribution in [3.8, 4) is 0 Å². The van der Waals surface area contributed by atoms with Crippen LogP contribution in [0.4, 0.5) is 19.0 Å². The van der Waals surface area contributed by atoms with Gasteiger partial charge in [-0.1, -0.05) is 0 Å². The summed E-state index contributed by atoms with van der Waals surface area (Å²) >= 11 is 6.00. The summed E-state index contributed by atoms with van der Waals surface area (Å²) < 4.78 is 41.1. The Morgan fingerprint density at radius 2 is 2.12 bits per heavy atom. The van der Waals surface area contributed by atoms with E-state index >= 15 is 0 Å². The second-order valence-corrected chi connectivity index (χ2v) is 5.70. The first-order chi connectivity index (χ1) is 11.3. The topological polar surface area (TPSA) is 55.8 Å². The first-order valence-electron chi connectivity index (χ1n) is 7.12. The predicted molar refractivity (Wildman–Crippen MR) is 78.7 cm³/mol. The number of aryl methyl sites for hydroxylation is 1. The number of aromatic nitrogens is 2. The summed E-state index contributed by atoms with van der Waals surface area (Å²) in [7, 11) is 0. The van der Waals surface area contributed by atoms with Crippen LogP contribution >= 0.6 is 11.8 Å². The number of hydrogen-bond acceptors (Lipinski definition) is 6. The molecule has 0 radical (unpaired) electrons. The molecule has 3 rings (SSSR count). The number of nitrogens with zero attached hydrogens (tertiary/aromatic N) is 6. The van der Waals surface area contributed by atoms with Crippen molar-refractivity contribution in [1.29, 1.82) is 0 Å². The van der Waals surface area contributed by atoms with E-state index in [-0.39, 0.29) is 22.9 Å². The van der Waals surface area contributed by atoms with E-state index in [0.717, 1.165) is 0 Å². The Balaban J connectivity index is 2.13. The van der Waals surface area contributed by atoms with Gasteiger partial charge in [-0.2, -0.15) is 5.01 Å². The van der Waals surface area contributed by atoms with Crippen LogP contribution in [0.15, 0.2) is 23.7 Å². The van der Waals surface area contributed by atoms with Gasteiger partial charge >= 0.3 is 6.30 Å². The van der Waals surface area contributed by atoms with Crippen molar-refractivity contribution in [3.63, 3.8) is 0 Å². The number of halogens is 4. The quantitative estimate of drug-likeness (QED) is 0.456. The van der Waals surface area contributed by atoms with Crippen LogP contribution in [-0.2, 0) is 4.79 Å². The first-order valence-corrected chi connectivity index (χ1v) is 7.46. The minimum Gasteiger partial charge on any atom is -0.336 e. The fourth-order valence-corrected chi connectivity index (χ4v) is 3.24. The van der Waals surface area contributed by atoms with Gasteiger partial charge in [0.25, 0.3) is 0 Å². The summed E-state index contributed by atoms with van der Waals surface area (Å²) in [6.45, 7) is 3.45. The Labute approximate surface area is 141 Å². The minimum atomic E-state index is -4.75. The highest BCUT2D eigenvalue weighted by atomic mass is 35.5. The van der Waals surface area contributed by atoms with Crippen molar-refractivity contribution in [2.75, 3.05) is 11.6 Å². The lowest BCUT2D eigenvalue weighted by atomic mass is 10.0. The summed E-state index contributed by atoms with van der Waals surface area (Å²) in [6.07, 6.45) is -2.54. The van der Waals surface area contributed by atoms with Crippen LogP contribution in [-0.4, -0.2) is 49.8 Å². The Bertz CT molecular complexity index is 697. The zero-order valence-corrected chi connectivity index (χ0v) is 13.6. The third-order valence-corrected chi connectivity index (χ3v) is 4.27. The molecular formula is C13H14ClF3N6O. The molecule has 2 aliphatic rings. The van der Waals surface area contributed by atoms with Crippen molar-refractivity contribution < 1.29 is 18.0 Å². The Kier molecular flexibility index (Phi) is 4.04. The van der Waals surface area contributed by atoms with Crippen molar-refractivity contribution in [2.45, 2.75) is 32.6 Å². The molecule has 24 heavy (non-hydrogen) atoms. The maximum atomic E-state index is 13.6.